The van der Waals surface area contributed by atoms with E-state index in [4.69, 9.17) is 0 Å². The average molecular weight is 421 g/mol. The third-order valence-corrected chi connectivity index (χ3v) is 7.82. The van der Waals surface area contributed by atoms with Gasteiger partial charge in [0.1, 0.15) is 11.4 Å². The van der Waals surface area contributed by atoms with Crippen LogP contribution in [0.4, 0.5) is 4.39 Å². The van der Waals surface area contributed by atoms with Crippen molar-refractivity contribution in [3.05, 3.63) is 70.5 Å². The highest BCUT2D eigenvalue weighted by Gasteiger charge is 2.52. The zero-order valence-corrected chi connectivity index (χ0v) is 18.6. The minimum atomic E-state index is -0.784. The predicted octanol–water partition coefficient (Wildman–Crippen LogP) is 4.97. The summed E-state index contributed by atoms with van der Waals surface area (Å²) in [6.07, 6.45) is 7.29. The molecule has 2 aliphatic carbocycles. The van der Waals surface area contributed by atoms with Crippen molar-refractivity contribution in [3.63, 3.8) is 0 Å². The number of nitrogens with zero attached hydrogens (tertiary/aromatic N) is 2. The largest absolute Gasteiger partial charge is 0.301 e. The Morgan fingerprint density at radius 2 is 1.74 bits per heavy atom. The van der Waals surface area contributed by atoms with Crippen LogP contribution in [0.1, 0.15) is 59.2 Å². The van der Waals surface area contributed by atoms with Crippen LogP contribution in [-0.4, -0.2) is 48.3 Å². The molecule has 0 aromatic heterocycles. The van der Waals surface area contributed by atoms with Crippen molar-refractivity contribution in [1.29, 1.82) is 0 Å². The van der Waals surface area contributed by atoms with Crippen molar-refractivity contribution in [3.8, 4) is 0 Å². The number of ketones is 1. The zero-order chi connectivity index (χ0) is 21.4. The molecule has 3 nitrogen and oxygen atoms in total. The molecule has 2 aromatic rings. The van der Waals surface area contributed by atoms with E-state index in [1.807, 2.05) is 6.07 Å². The first-order valence-electron chi connectivity index (χ1n) is 11.9. The Labute approximate surface area is 185 Å². The maximum Gasteiger partial charge on any atom is 0.188 e. The van der Waals surface area contributed by atoms with Crippen molar-refractivity contribution in [1.82, 2.24) is 9.80 Å². The maximum absolute atomic E-state index is 14.7. The summed E-state index contributed by atoms with van der Waals surface area (Å²) in [4.78, 5) is 18.8. The molecule has 2 aromatic carbocycles. The molecule has 0 N–H and O–H groups in total. The summed E-state index contributed by atoms with van der Waals surface area (Å²) in [5, 5.41) is 0. The zero-order valence-electron chi connectivity index (χ0n) is 18.6. The van der Waals surface area contributed by atoms with Crippen LogP contribution in [0.2, 0.25) is 0 Å². The van der Waals surface area contributed by atoms with Gasteiger partial charge in [-0.25, -0.2) is 4.39 Å². The van der Waals surface area contributed by atoms with Crippen LogP contribution in [-0.2, 0) is 12.0 Å². The minimum absolute atomic E-state index is 0.0633. The first kappa shape index (κ1) is 20.8. The van der Waals surface area contributed by atoms with E-state index in [1.165, 1.54) is 44.7 Å². The lowest BCUT2D eigenvalue weighted by molar-refractivity contribution is 0.0257. The third-order valence-electron chi connectivity index (χ3n) is 7.82. The average Bonchev–Trinajstić information content (AvgIpc) is 3.10. The summed E-state index contributed by atoms with van der Waals surface area (Å²) in [6, 6.07) is 13.2. The number of carbonyl (C=O) groups is 1. The van der Waals surface area contributed by atoms with E-state index in [0.29, 0.717) is 17.5 Å². The molecular formula is C27H33FN2O. The third kappa shape index (κ3) is 3.74. The molecule has 0 bridgehead atoms. The fourth-order valence-corrected chi connectivity index (χ4v) is 6.13. The van der Waals surface area contributed by atoms with Crippen molar-refractivity contribution < 1.29 is 9.18 Å². The minimum Gasteiger partial charge on any atom is -0.301 e. The Morgan fingerprint density at radius 3 is 2.45 bits per heavy atom. The summed E-state index contributed by atoms with van der Waals surface area (Å²) in [6.45, 7) is 6.91. The van der Waals surface area contributed by atoms with Gasteiger partial charge in [-0.2, -0.15) is 0 Å². The molecule has 5 rings (SSSR count). The van der Waals surface area contributed by atoms with E-state index in [0.717, 1.165) is 43.2 Å². The number of carbonyl (C=O) groups excluding carboxylic acids is 1. The molecule has 0 amide bonds. The summed E-state index contributed by atoms with van der Waals surface area (Å²) in [5.41, 5.74) is 2.50. The molecule has 164 valence electrons. The fourth-order valence-electron chi connectivity index (χ4n) is 6.13. The quantitative estimate of drug-likeness (QED) is 0.698. The lowest BCUT2D eigenvalue weighted by Crippen LogP contribution is -2.58. The maximum atomic E-state index is 14.7. The highest BCUT2D eigenvalue weighted by atomic mass is 19.1. The van der Waals surface area contributed by atoms with Crippen molar-refractivity contribution in [2.45, 2.75) is 51.0 Å². The van der Waals surface area contributed by atoms with E-state index < -0.39 is 5.54 Å². The molecule has 1 atom stereocenters. The Kier molecular flexibility index (Phi) is 5.70. The summed E-state index contributed by atoms with van der Waals surface area (Å²) >= 11 is 0. The SMILES string of the molecule is Cc1cccc(C2(N3CCN(CC4CCCCC4)CC3)Cc3c(F)cccc3C2=O)c1. The second-order valence-corrected chi connectivity index (χ2v) is 9.79. The van der Waals surface area contributed by atoms with Crippen LogP contribution in [0.3, 0.4) is 0 Å². The summed E-state index contributed by atoms with van der Waals surface area (Å²) < 4.78 is 14.7. The van der Waals surface area contributed by atoms with Crippen LogP contribution in [0.15, 0.2) is 42.5 Å². The van der Waals surface area contributed by atoms with Gasteiger partial charge < -0.3 is 4.90 Å². The normalized spacial score (nSPS) is 25.7. The first-order valence-corrected chi connectivity index (χ1v) is 11.9. The van der Waals surface area contributed by atoms with Gasteiger partial charge in [0.05, 0.1) is 0 Å². The Morgan fingerprint density at radius 1 is 1.00 bits per heavy atom. The van der Waals surface area contributed by atoms with Gasteiger partial charge in [0.15, 0.2) is 5.78 Å². The number of hydrogen-bond donors (Lipinski definition) is 0. The summed E-state index contributed by atoms with van der Waals surface area (Å²) in [7, 11) is 0. The van der Waals surface area contributed by atoms with Gasteiger partial charge in [-0.3, -0.25) is 9.69 Å². The predicted molar refractivity (Wildman–Crippen MR) is 122 cm³/mol. The number of benzene rings is 2. The molecule has 0 radical (unpaired) electrons. The highest BCUT2D eigenvalue weighted by Crippen LogP contribution is 2.44. The van der Waals surface area contributed by atoms with Gasteiger partial charge in [0.25, 0.3) is 0 Å². The number of piperazine rings is 1. The molecular weight excluding hydrogens is 387 g/mol. The molecule has 1 saturated carbocycles. The van der Waals surface area contributed by atoms with Crippen molar-refractivity contribution in [2.24, 2.45) is 5.92 Å². The van der Waals surface area contributed by atoms with Gasteiger partial charge in [0, 0.05) is 50.3 Å². The van der Waals surface area contributed by atoms with Crippen LogP contribution in [0.5, 0.6) is 0 Å². The molecule has 31 heavy (non-hydrogen) atoms. The lowest BCUT2D eigenvalue weighted by atomic mass is 9.82. The molecule has 4 heteroatoms. The fraction of sp³-hybridized carbons (Fsp3) is 0.519. The molecule has 1 aliphatic heterocycles. The van der Waals surface area contributed by atoms with Crippen molar-refractivity contribution >= 4 is 5.78 Å². The van der Waals surface area contributed by atoms with Gasteiger partial charge in [-0.05, 0) is 37.3 Å². The monoisotopic (exact) mass is 420 g/mol. The van der Waals surface area contributed by atoms with Crippen LogP contribution in [0, 0.1) is 18.7 Å². The van der Waals surface area contributed by atoms with Gasteiger partial charge >= 0.3 is 0 Å². The van der Waals surface area contributed by atoms with Gasteiger partial charge in [-0.15, -0.1) is 0 Å². The number of halogens is 1. The van der Waals surface area contributed by atoms with Crippen LogP contribution < -0.4 is 0 Å². The molecule has 1 saturated heterocycles. The standard InChI is InChI=1S/C27H33FN2O/c1-20-7-5-10-22(17-20)27(18-24-23(26(27)31)11-6-12-25(24)28)30-15-13-29(14-16-30)19-21-8-3-2-4-9-21/h5-7,10-12,17,21H,2-4,8-9,13-16,18-19H2,1H3. The van der Waals surface area contributed by atoms with Gasteiger partial charge in [-0.1, -0.05) is 61.2 Å². The molecule has 1 heterocycles. The molecule has 3 aliphatic rings. The molecule has 0 spiro atoms. The van der Waals surface area contributed by atoms with Crippen LogP contribution in [0.25, 0.3) is 0 Å². The van der Waals surface area contributed by atoms with E-state index in [-0.39, 0.29) is 11.6 Å². The highest BCUT2D eigenvalue weighted by molar-refractivity contribution is 6.08. The van der Waals surface area contributed by atoms with Gasteiger partial charge in [0.2, 0.25) is 0 Å². The Balaban J connectivity index is 1.42. The van der Waals surface area contributed by atoms with Crippen LogP contribution >= 0.6 is 0 Å². The van der Waals surface area contributed by atoms with E-state index in [9.17, 15) is 9.18 Å². The topological polar surface area (TPSA) is 23.6 Å². The van der Waals surface area contributed by atoms with E-state index in [2.05, 4.69) is 34.9 Å². The Hall–Kier alpha value is -2.04. The Bertz CT molecular complexity index is 959. The number of Topliss-reactive ketones (excluding diaryl/α,β-unsaturated/α-hetero) is 1. The van der Waals surface area contributed by atoms with Crippen molar-refractivity contribution in [2.75, 3.05) is 32.7 Å². The first-order chi connectivity index (χ1) is 15.1. The number of aryl methyl sites for hydroxylation is 1. The van der Waals surface area contributed by atoms with E-state index in [1.54, 1.807) is 12.1 Å². The second kappa shape index (κ2) is 8.48. The van der Waals surface area contributed by atoms with E-state index >= 15 is 0 Å². The lowest BCUT2D eigenvalue weighted by Gasteiger charge is -2.46. The molecule has 2 fully saturated rings. The number of rotatable bonds is 4. The number of hydrogen-bond acceptors (Lipinski definition) is 3. The molecule has 1 unspecified atom stereocenters. The second-order valence-electron chi connectivity index (χ2n) is 9.79. The smallest absolute Gasteiger partial charge is 0.188 e. The number of fused-ring (bicyclic) bond motifs is 1. The summed E-state index contributed by atoms with van der Waals surface area (Å²) in [5.74, 6) is 0.641.